The summed E-state index contributed by atoms with van der Waals surface area (Å²) in [5, 5.41) is 7.44. The summed E-state index contributed by atoms with van der Waals surface area (Å²) in [6, 6.07) is 13.7. The minimum atomic E-state index is 0.763. The van der Waals surface area contributed by atoms with Crippen molar-refractivity contribution in [3.63, 3.8) is 0 Å². The molecule has 3 rings (SSSR count). The van der Waals surface area contributed by atoms with Gasteiger partial charge >= 0.3 is 0 Å². The minimum absolute atomic E-state index is 0.763. The lowest BCUT2D eigenvalue weighted by Gasteiger charge is -2.34. The lowest BCUT2D eigenvalue weighted by molar-refractivity contribution is 0.272. The molecule has 132 valence electrons. The predicted octanol–water partition coefficient (Wildman–Crippen LogP) is 3.51. The van der Waals surface area contributed by atoms with Crippen LogP contribution in [-0.2, 0) is 0 Å². The van der Waals surface area contributed by atoms with Gasteiger partial charge in [-0.05, 0) is 42.5 Å². The molecule has 5 nitrogen and oxygen atoms in total. The zero-order valence-electron chi connectivity index (χ0n) is 14.5. The first-order valence-corrected chi connectivity index (χ1v) is 8.59. The monoisotopic (exact) mass is 359 g/mol. The van der Waals surface area contributed by atoms with Gasteiger partial charge in [0.1, 0.15) is 11.5 Å². The molecule has 0 unspecified atom stereocenters. The molecule has 0 spiro atoms. The Hall–Kier alpha value is -2.40. The highest BCUT2D eigenvalue weighted by Gasteiger charge is 2.15. The van der Waals surface area contributed by atoms with Gasteiger partial charge < -0.3 is 14.4 Å². The third kappa shape index (κ3) is 4.37. The molecule has 25 heavy (non-hydrogen) atoms. The van der Waals surface area contributed by atoms with Crippen LogP contribution in [0.15, 0.2) is 47.6 Å². The molecule has 2 aromatic carbocycles. The highest BCUT2D eigenvalue weighted by molar-refractivity contribution is 6.30. The number of methoxy groups -OCH3 is 2. The van der Waals surface area contributed by atoms with Gasteiger partial charge in [0.15, 0.2) is 0 Å². The number of nitrogens with zero attached hydrogens (tertiary/aromatic N) is 3. The lowest BCUT2D eigenvalue weighted by Crippen LogP contribution is -2.44. The molecule has 1 heterocycles. The van der Waals surface area contributed by atoms with E-state index in [9.17, 15) is 0 Å². The molecule has 0 bridgehead atoms. The molecule has 1 fully saturated rings. The Balaban J connectivity index is 1.62. The van der Waals surface area contributed by atoms with E-state index in [1.807, 2.05) is 36.5 Å². The smallest absolute Gasteiger partial charge is 0.127 e. The van der Waals surface area contributed by atoms with Crippen molar-refractivity contribution in [2.75, 3.05) is 45.3 Å². The van der Waals surface area contributed by atoms with Crippen LogP contribution in [0, 0.1) is 0 Å². The van der Waals surface area contributed by atoms with Gasteiger partial charge in [0.2, 0.25) is 0 Å². The fraction of sp³-hybridized carbons (Fsp3) is 0.316. The lowest BCUT2D eigenvalue weighted by atomic mass is 10.2. The van der Waals surface area contributed by atoms with Crippen LogP contribution in [0.4, 0.5) is 5.69 Å². The number of hydrogen-bond acceptors (Lipinski definition) is 5. The molecule has 1 aliphatic rings. The highest BCUT2D eigenvalue weighted by Crippen LogP contribution is 2.23. The first-order chi connectivity index (χ1) is 12.2. The van der Waals surface area contributed by atoms with Crippen molar-refractivity contribution in [1.82, 2.24) is 5.01 Å². The van der Waals surface area contributed by atoms with Gasteiger partial charge in [-0.2, -0.15) is 5.10 Å². The Bertz CT molecular complexity index is 726. The van der Waals surface area contributed by atoms with Crippen molar-refractivity contribution in [3.8, 4) is 11.5 Å². The van der Waals surface area contributed by atoms with E-state index in [-0.39, 0.29) is 0 Å². The molecule has 1 saturated heterocycles. The highest BCUT2D eigenvalue weighted by atomic mass is 35.5. The van der Waals surface area contributed by atoms with E-state index < -0.39 is 0 Å². The number of hydrogen-bond donors (Lipinski definition) is 0. The van der Waals surface area contributed by atoms with Gasteiger partial charge in [-0.15, -0.1) is 0 Å². The van der Waals surface area contributed by atoms with Crippen molar-refractivity contribution in [2.45, 2.75) is 0 Å². The van der Waals surface area contributed by atoms with E-state index in [0.29, 0.717) is 0 Å². The quantitative estimate of drug-likeness (QED) is 0.765. The summed E-state index contributed by atoms with van der Waals surface area (Å²) in [4.78, 5) is 2.34. The van der Waals surface area contributed by atoms with Crippen LogP contribution in [-0.4, -0.2) is 51.6 Å². The van der Waals surface area contributed by atoms with Crippen LogP contribution in [0.1, 0.15) is 5.56 Å². The summed E-state index contributed by atoms with van der Waals surface area (Å²) >= 11 is 5.95. The van der Waals surface area contributed by atoms with E-state index in [2.05, 4.69) is 27.1 Å². The number of benzene rings is 2. The summed E-state index contributed by atoms with van der Waals surface area (Å²) in [6.07, 6.45) is 1.83. The van der Waals surface area contributed by atoms with Gasteiger partial charge in [-0.3, -0.25) is 5.01 Å². The fourth-order valence-corrected chi connectivity index (χ4v) is 2.93. The molecule has 0 amide bonds. The zero-order valence-corrected chi connectivity index (χ0v) is 15.2. The topological polar surface area (TPSA) is 37.3 Å². The van der Waals surface area contributed by atoms with Crippen LogP contribution in [0.5, 0.6) is 11.5 Å². The van der Waals surface area contributed by atoms with Crippen molar-refractivity contribution in [1.29, 1.82) is 0 Å². The van der Waals surface area contributed by atoms with E-state index >= 15 is 0 Å². The Labute approximate surface area is 153 Å². The van der Waals surface area contributed by atoms with Crippen molar-refractivity contribution >= 4 is 23.5 Å². The van der Waals surface area contributed by atoms with E-state index in [1.54, 1.807) is 14.2 Å². The van der Waals surface area contributed by atoms with Crippen LogP contribution >= 0.6 is 11.6 Å². The molecule has 0 radical (unpaired) electrons. The van der Waals surface area contributed by atoms with Crippen molar-refractivity contribution < 1.29 is 9.47 Å². The SMILES string of the molecule is COc1ccc(OC)c(/C=N/N2CCN(c3ccc(Cl)cc3)CC2)c1. The van der Waals surface area contributed by atoms with Crippen molar-refractivity contribution in [2.24, 2.45) is 5.10 Å². The molecule has 6 heteroatoms. The first-order valence-electron chi connectivity index (χ1n) is 8.21. The zero-order chi connectivity index (χ0) is 17.6. The molecule has 0 saturated carbocycles. The largest absolute Gasteiger partial charge is 0.497 e. The van der Waals surface area contributed by atoms with Crippen LogP contribution in [0.25, 0.3) is 0 Å². The maximum atomic E-state index is 5.95. The average Bonchev–Trinajstić information content (AvgIpc) is 2.67. The van der Waals surface area contributed by atoms with Crippen molar-refractivity contribution in [3.05, 3.63) is 53.1 Å². The fourth-order valence-electron chi connectivity index (χ4n) is 2.81. The summed E-state index contributed by atoms with van der Waals surface area (Å²) in [7, 11) is 3.31. The predicted molar refractivity (Wildman–Crippen MR) is 102 cm³/mol. The number of anilines is 1. The van der Waals surface area contributed by atoms with Gasteiger partial charge in [-0.25, -0.2) is 0 Å². The standard InChI is InChI=1S/C19H22ClN3O2/c1-24-18-7-8-19(25-2)15(13-18)14-21-23-11-9-22(10-12-23)17-5-3-16(20)4-6-17/h3-8,13-14H,9-12H2,1-2H3/b21-14+. The third-order valence-corrected chi connectivity index (χ3v) is 4.50. The number of piperazine rings is 1. The normalized spacial score (nSPS) is 14.8. The van der Waals surface area contributed by atoms with Crippen LogP contribution < -0.4 is 14.4 Å². The summed E-state index contributed by atoms with van der Waals surface area (Å²) in [5.74, 6) is 1.57. The average molecular weight is 360 g/mol. The first kappa shape index (κ1) is 17.4. The molecule has 2 aromatic rings. The second kappa shape index (κ2) is 8.12. The second-order valence-corrected chi connectivity index (χ2v) is 6.21. The Morgan fingerprint density at radius 2 is 1.68 bits per heavy atom. The summed E-state index contributed by atoms with van der Waals surface area (Å²) < 4.78 is 10.7. The van der Waals surface area contributed by atoms with Crippen LogP contribution in [0.2, 0.25) is 5.02 Å². The maximum Gasteiger partial charge on any atom is 0.127 e. The molecule has 0 N–H and O–H groups in total. The third-order valence-electron chi connectivity index (χ3n) is 4.24. The van der Waals surface area contributed by atoms with E-state index in [1.165, 1.54) is 5.69 Å². The summed E-state index contributed by atoms with van der Waals surface area (Å²) in [6.45, 7) is 3.58. The number of hydrazone groups is 1. The number of rotatable bonds is 5. The molecule has 0 aromatic heterocycles. The van der Waals surface area contributed by atoms with E-state index in [4.69, 9.17) is 21.1 Å². The molecule has 0 aliphatic carbocycles. The molecular formula is C19H22ClN3O2. The molecular weight excluding hydrogens is 338 g/mol. The second-order valence-electron chi connectivity index (χ2n) is 5.77. The molecule has 1 aliphatic heterocycles. The van der Waals surface area contributed by atoms with Gasteiger partial charge in [0, 0.05) is 29.4 Å². The summed E-state index contributed by atoms with van der Waals surface area (Å²) in [5.41, 5.74) is 2.10. The number of halogens is 1. The minimum Gasteiger partial charge on any atom is -0.497 e. The van der Waals surface area contributed by atoms with E-state index in [0.717, 1.165) is 48.3 Å². The Kier molecular flexibility index (Phi) is 5.66. The Morgan fingerprint density at radius 1 is 0.960 bits per heavy atom. The van der Waals surface area contributed by atoms with Gasteiger partial charge in [0.05, 0.1) is 33.5 Å². The number of ether oxygens (including phenoxy) is 2. The van der Waals surface area contributed by atoms with Crippen LogP contribution in [0.3, 0.4) is 0 Å². The molecule has 0 atom stereocenters. The Morgan fingerprint density at radius 3 is 2.32 bits per heavy atom. The van der Waals surface area contributed by atoms with Gasteiger partial charge in [-0.1, -0.05) is 11.6 Å². The van der Waals surface area contributed by atoms with Gasteiger partial charge in [0.25, 0.3) is 0 Å². The maximum absolute atomic E-state index is 5.95.